The number of phenols is 2. The third kappa shape index (κ3) is 5.52. The van der Waals surface area contributed by atoms with E-state index < -0.39 is 22.6 Å². The monoisotopic (exact) mass is 454 g/mol. The number of hydrogen-bond donors (Lipinski definition) is 3. The first-order valence-corrected chi connectivity index (χ1v) is 10.9. The van der Waals surface area contributed by atoms with Gasteiger partial charge in [0.2, 0.25) is 0 Å². The van der Waals surface area contributed by atoms with E-state index in [0.29, 0.717) is 11.1 Å². The predicted octanol–water partition coefficient (Wildman–Crippen LogP) is 2.83. The third-order valence-corrected chi connectivity index (χ3v) is 5.32. The van der Waals surface area contributed by atoms with Crippen LogP contribution in [0, 0.1) is 5.41 Å². The molecule has 0 saturated carbocycles. The van der Waals surface area contributed by atoms with Crippen LogP contribution in [0.4, 0.5) is 0 Å². The van der Waals surface area contributed by atoms with Crippen LogP contribution in [0.2, 0.25) is 0 Å². The number of rotatable bonds is 6. The molecule has 1 aliphatic heterocycles. The van der Waals surface area contributed by atoms with Crippen molar-refractivity contribution in [1.29, 1.82) is 0 Å². The average Bonchev–Trinajstić information content (AvgIpc) is 2.66. The lowest BCUT2D eigenvalue weighted by molar-refractivity contribution is 0.0197. The van der Waals surface area contributed by atoms with Crippen molar-refractivity contribution < 1.29 is 41.6 Å². The molecule has 0 radical (unpaired) electrons. The Kier molecular flexibility index (Phi) is 6.26. The molecule has 0 aliphatic carbocycles. The van der Waals surface area contributed by atoms with Crippen molar-refractivity contribution >= 4 is 10.4 Å². The lowest BCUT2D eigenvalue weighted by atomic mass is 9.94. The summed E-state index contributed by atoms with van der Waals surface area (Å²) in [4.78, 5) is 0. The number of hydrogen-bond acceptors (Lipinski definition) is 9. The summed E-state index contributed by atoms with van der Waals surface area (Å²) < 4.78 is 45.3. The summed E-state index contributed by atoms with van der Waals surface area (Å²) in [6.45, 7) is 5.41. The zero-order valence-corrected chi connectivity index (χ0v) is 18.5. The van der Waals surface area contributed by atoms with Crippen LogP contribution in [0.25, 0.3) is 0 Å². The number of aromatic hydroxyl groups is 2. The third-order valence-electron chi connectivity index (χ3n) is 4.53. The molecule has 170 valence electrons. The number of aliphatic hydroxyl groups excluding tert-OH is 1. The Morgan fingerprint density at radius 2 is 1.84 bits per heavy atom. The van der Waals surface area contributed by atoms with E-state index in [1.54, 1.807) is 0 Å². The minimum atomic E-state index is -4.31. The molecule has 2 atom stereocenters. The van der Waals surface area contributed by atoms with Crippen molar-refractivity contribution in [1.82, 2.24) is 0 Å². The molecular weight excluding hydrogens is 428 g/mol. The summed E-state index contributed by atoms with van der Waals surface area (Å²) in [5, 5.41) is 30.2. The Bertz CT molecular complexity index is 1060. The van der Waals surface area contributed by atoms with Gasteiger partial charge in [0.15, 0.2) is 11.5 Å². The topological polar surface area (TPSA) is 132 Å². The molecule has 0 unspecified atom stereocenters. The molecule has 0 aromatic heterocycles. The maximum absolute atomic E-state index is 12.1. The van der Waals surface area contributed by atoms with Crippen molar-refractivity contribution in [2.45, 2.75) is 39.4 Å². The molecule has 9 nitrogen and oxygen atoms in total. The maximum Gasteiger partial charge on any atom is 0.449 e. The van der Waals surface area contributed by atoms with Crippen LogP contribution in [-0.4, -0.2) is 43.6 Å². The van der Waals surface area contributed by atoms with E-state index in [1.165, 1.54) is 37.4 Å². The van der Waals surface area contributed by atoms with Gasteiger partial charge in [-0.05, 0) is 23.1 Å². The SMILES string of the molecule is COc1cc([C@H]2Oc3cc(O)cc(O)c3C[C@H]2O)ccc1OS(=O)(=O)OCC(C)(C)C. The quantitative estimate of drug-likeness (QED) is 0.603. The Hall–Kier alpha value is -2.69. The van der Waals surface area contributed by atoms with E-state index in [-0.39, 0.29) is 47.2 Å². The fraction of sp³-hybridized carbons (Fsp3) is 0.429. The van der Waals surface area contributed by atoms with Gasteiger partial charge < -0.3 is 29.0 Å². The normalized spacial score (nSPS) is 18.7. The van der Waals surface area contributed by atoms with Crippen molar-refractivity contribution in [2.24, 2.45) is 5.41 Å². The Morgan fingerprint density at radius 3 is 2.48 bits per heavy atom. The Labute approximate surface area is 181 Å². The van der Waals surface area contributed by atoms with E-state index in [9.17, 15) is 23.7 Å². The van der Waals surface area contributed by atoms with Crippen molar-refractivity contribution in [3.05, 3.63) is 41.5 Å². The largest absolute Gasteiger partial charge is 0.508 e. The fourth-order valence-corrected chi connectivity index (χ4v) is 3.97. The van der Waals surface area contributed by atoms with Gasteiger partial charge in [-0.15, -0.1) is 0 Å². The van der Waals surface area contributed by atoms with E-state index in [2.05, 4.69) is 0 Å². The molecule has 0 saturated heterocycles. The zero-order valence-electron chi connectivity index (χ0n) is 17.7. The highest BCUT2D eigenvalue weighted by molar-refractivity contribution is 7.82. The predicted molar refractivity (Wildman–Crippen MR) is 111 cm³/mol. The van der Waals surface area contributed by atoms with Gasteiger partial charge in [-0.3, -0.25) is 0 Å². The van der Waals surface area contributed by atoms with Crippen molar-refractivity contribution in [2.75, 3.05) is 13.7 Å². The van der Waals surface area contributed by atoms with Crippen LogP contribution in [0.15, 0.2) is 30.3 Å². The molecule has 2 aromatic carbocycles. The van der Waals surface area contributed by atoms with Gasteiger partial charge >= 0.3 is 10.4 Å². The van der Waals surface area contributed by atoms with Crippen LogP contribution in [0.3, 0.4) is 0 Å². The van der Waals surface area contributed by atoms with Gasteiger partial charge in [0.25, 0.3) is 0 Å². The second-order valence-corrected chi connectivity index (χ2v) is 9.70. The molecule has 0 fully saturated rings. The van der Waals surface area contributed by atoms with Gasteiger partial charge in [0.1, 0.15) is 23.4 Å². The number of phenolic OH excluding ortho intramolecular Hbond substituents is 2. The summed E-state index contributed by atoms with van der Waals surface area (Å²) in [5.74, 6) is -0.0883. The second-order valence-electron chi connectivity index (χ2n) is 8.48. The molecule has 1 aliphatic rings. The van der Waals surface area contributed by atoms with Crippen LogP contribution < -0.4 is 13.7 Å². The molecule has 10 heteroatoms. The molecule has 1 heterocycles. The van der Waals surface area contributed by atoms with E-state index in [4.69, 9.17) is 17.8 Å². The zero-order chi connectivity index (χ0) is 23.0. The lowest BCUT2D eigenvalue weighted by Crippen LogP contribution is -2.30. The van der Waals surface area contributed by atoms with E-state index in [1.807, 2.05) is 20.8 Å². The van der Waals surface area contributed by atoms with Gasteiger partial charge in [-0.2, -0.15) is 8.42 Å². The molecule has 3 N–H and O–H groups in total. The van der Waals surface area contributed by atoms with Gasteiger partial charge in [-0.25, -0.2) is 4.18 Å². The number of benzene rings is 2. The molecular formula is C21H26O9S. The fourth-order valence-electron chi connectivity index (χ4n) is 3.06. The average molecular weight is 454 g/mol. The highest BCUT2D eigenvalue weighted by Gasteiger charge is 2.33. The minimum absolute atomic E-state index is 0.0586. The first-order valence-electron chi connectivity index (χ1n) is 9.55. The number of methoxy groups -OCH3 is 1. The summed E-state index contributed by atoms with van der Waals surface area (Å²) in [7, 11) is -2.97. The van der Waals surface area contributed by atoms with Crippen LogP contribution in [0.5, 0.6) is 28.7 Å². The molecule has 0 bridgehead atoms. The van der Waals surface area contributed by atoms with Crippen LogP contribution >= 0.6 is 0 Å². The highest BCUT2D eigenvalue weighted by atomic mass is 32.3. The summed E-state index contributed by atoms with van der Waals surface area (Å²) in [6, 6.07) is 6.90. The molecule has 3 rings (SSSR count). The number of aliphatic hydroxyl groups is 1. The molecule has 0 spiro atoms. The van der Waals surface area contributed by atoms with E-state index in [0.717, 1.165) is 0 Å². The van der Waals surface area contributed by atoms with Gasteiger partial charge in [-0.1, -0.05) is 26.8 Å². The second kappa shape index (κ2) is 8.45. The van der Waals surface area contributed by atoms with Crippen molar-refractivity contribution in [3.8, 4) is 28.7 Å². The van der Waals surface area contributed by atoms with Crippen LogP contribution in [-0.2, 0) is 21.0 Å². The molecule has 0 amide bonds. The van der Waals surface area contributed by atoms with Gasteiger partial charge in [0.05, 0.1) is 19.8 Å². The summed E-state index contributed by atoms with van der Waals surface area (Å²) in [6.07, 6.45) is -1.74. The minimum Gasteiger partial charge on any atom is -0.508 e. The number of ether oxygens (including phenoxy) is 2. The van der Waals surface area contributed by atoms with Crippen LogP contribution in [0.1, 0.15) is 38.0 Å². The smallest absolute Gasteiger partial charge is 0.449 e. The number of fused-ring (bicyclic) bond motifs is 1. The summed E-state index contributed by atoms with van der Waals surface area (Å²) in [5.41, 5.74) is 0.492. The maximum atomic E-state index is 12.1. The first-order chi connectivity index (χ1) is 14.4. The van der Waals surface area contributed by atoms with E-state index >= 15 is 0 Å². The summed E-state index contributed by atoms with van der Waals surface area (Å²) >= 11 is 0. The lowest BCUT2D eigenvalue weighted by Gasteiger charge is -2.31. The molecule has 31 heavy (non-hydrogen) atoms. The first kappa shape index (κ1) is 23.0. The standard InChI is InChI=1S/C21H26O9S/c1-21(2,3)11-28-31(25,26)30-17-6-5-12(7-19(17)27-4)20-16(24)10-14-15(23)8-13(22)9-18(14)29-20/h5-9,16,20,22-24H,10-11H2,1-4H3/t16-,20-/m1/s1. The molecule has 2 aromatic rings. The Morgan fingerprint density at radius 1 is 1.13 bits per heavy atom. The Balaban J connectivity index is 1.84. The highest BCUT2D eigenvalue weighted by Crippen LogP contribution is 2.43. The van der Waals surface area contributed by atoms with Crippen molar-refractivity contribution in [3.63, 3.8) is 0 Å². The van der Waals surface area contributed by atoms with Gasteiger partial charge in [0, 0.05) is 24.1 Å².